The summed E-state index contributed by atoms with van der Waals surface area (Å²) >= 11 is 6.45. The Morgan fingerprint density at radius 2 is 2.18 bits per heavy atom. The normalized spacial score (nSPS) is 9.27. The van der Waals surface area contributed by atoms with Gasteiger partial charge in [0.15, 0.2) is 0 Å². The van der Waals surface area contributed by atoms with Gasteiger partial charge in [0.25, 0.3) is 0 Å². The van der Waals surface area contributed by atoms with Crippen molar-refractivity contribution in [2.75, 3.05) is 0 Å². The maximum Gasteiger partial charge on any atom is 0.0992 e. The highest BCUT2D eigenvalue weighted by Gasteiger charge is 2.01. The van der Waals surface area contributed by atoms with Crippen molar-refractivity contribution in [2.24, 2.45) is 0 Å². The molecule has 0 atom stereocenters. The van der Waals surface area contributed by atoms with Crippen molar-refractivity contribution in [3.05, 3.63) is 26.8 Å². The van der Waals surface area contributed by atoms with Crippen LogP contribution in [0.2, 0.25) is 0 Å². The van der Waals surface area contributed by atoms with Gasteiger partial charge < -0.3 is 0 Å². The van der Waals surface area contributed by atoms with Gasteiger partial charge >= 0.3 is 0 Å². The highest BCUT2D eigenvalue weighted by molar-refractivity contribution is 14.1. The van der Waals surface area contributed by atoms with Crippen molar-refractivity contribution >= 4 is 35.2 Å². The maximum absolute atomic E-state index is 8.59. The van der Waals surface area contributed by atoms with Crippen LogP contribution in [0.25, 0.3) is 0 Å². The molecule has 0 saturated heterocycles. The zero-order valence-electron chi connectivity index (χ0n) is 5.93. The van der Waals surface area contributed by atoms with Gasteiger partial charge in [0.2, 0.25) is 0 Å². The largest absolute Gasteiger partial charge is 0.192 e. The minimum atomic E-state index is 0.674. The summed E-state index contributed by atoms with van der Waals surface area (Å²) in [5.74, 6) is 0. The molecule has 1 nitrogen and oxygen atoms in total. The summed E-state index contributed by atoms with van der Waals surface area (Å²) < 4.78 is 1.12. The maximum atomic E-state index is 8.59. The fraction of sp³-hybridized carbons (Fsp3) is 0.125. The molecular weight excluding hydrogens is 269 g/mol. The second-order valence-corrected chi connectivity index (χ2v) is 3.80. The average Bonchev–Trinajstić information content (AvgIpc) is 1.99. The van der Waals surface area contributed by atoms with E-state index >= 15 is 0 Å². The molecule has 0 aliphatic rings. The molecule has 0 N–H and O–H groups in total. The summed E-state index contributed by atoms with van der Waals surface area (Å²) in [6.07, 6.45) is 0. The fourth-order valence-electron chi connectivity index (χ4n) is 0.815. The Kier molecular flexibility index (Phi) is 2.79. The lowest BCUT2D eigenvalue weighted by molar-refractivity contribution is 1.29. The minimum absolute atomic E-state index is 0.674. The van der Waals surface area contributed by atoms with Gasteiger partial charge in [-0.25, -0.2) is 0 Å². The molecule has 1 aromatic carbocycles. The van der Waals surface area contributed by atoms with Gasteiger partial charge in [-0.2, -0.15) is 5.26 Å². The van der Waals surface area contributed by atoms with Crippen molar-refractivity contribution in [3.63, 3.8) is 0 Å². The monoisotopic (exact) mass is 275 g/mol. The van der Waals surface area contributed by atoms with Gasteiger partial charge in [0.05, 0.1) is 11.6 Å². The first-order valence-corrected chi connectivity index (χ1v) is 4.57. The number of halogens is 1. The summed E-state index contributed by atoms with van der Waals surface area (Å²) in [5.41, 5.74) is 1.78. The SMILES string of the molecule is Cc1cc(C#N)cc(S)c1I. The summed E-state index contributed by atoms with van der Waals surface area (Å²) in [4.78, 5) is 0.877. The number of nitrogens with zero attached hydrogens (tertiary/aromatic N) is 1. The van der Waals surface area contributed by atoms with Gasteiger partial charge in [0, 0.05) is 8.47 Å². The number of rotatable bonds is 0. The van der Waals surface area contributed by atoms with Crippen molar-refractivity contribution < 1.29 is 0 Å². The quantitative estimate of drug-likeness (QED) is 0.571. The number of hydrogen-bond acceptors (Lipinski definition) is 2. The lowest BCUT2D eigenvalue weighted by Crippen LogP contribution is -1.84. The van der Waals surface area contributed by atoms with E-state index in [0.717, 1.165) is 14.0 Å². The number of thiol groups is 1. The molecule has 0 saturated carbocycles. The molecule has 0 fully saturated rings. The Labute approximate surface area is 85.0 Å². The van der Waals surface area contributed by atoms with E-state index in [-0.39, 0.29) is 0 Å². The molecule has 0 amide bonds. The van der Waals surface area contributed by atoms with Crippen LogP contribution in [0, 0.1) is 21.8 Å². The van der Waals surface area contributed by atoms with Crippen LogP contribution in [0.4, 0.5) is 0 Å². The lowest BCUT2D eigenvalue weighted by atomic mass is 10.2. The third kappa shape index (κ3) is 1.88. The molecule has 0 heterocycles. The van der Waals surface area contributed by atoms with Crippen LogP contribution in [-0.4, -0.2) is 0 Å². The Bertz CT molecular complexity index is 304. The molecular formula is C8H6INS. The zero-order chi connectivity index (χ0) is 8.43. The lowest BCUT2D eigenvalue weighted by Gasteiger charge is -2.01. The van der Waals surface area contributed by atoms with Crippen LogP contribution in [0.5, 0.6) is 0 Å². The number of aryl methyl sites for hydroxylation is 1. The number of nitriles is 1. The van der Waals surface area contributed by atoms with Crippen molar-refractivity contribution in [2.45, 2.75) is 11.8 Å². The van der Waals surface area contributed by atoms with E-state index in [0.29, 0.717) is 5.56 Å². The Morgan fingerprint density at radius 1 is 1.55 bits per heavy atom. The van der Waals surface area contributed by atoms with E-state index in [1.165, 1.54) is 0 Å². The van der Waals surface area contributed by atoms with Crippen molar-refractivity contribution in [1.82, 2.24) is 0 Å². The average molecular weight is 275 g/mol. The molecule has 11 heavy (non-hydrogen) atoms. The van der Waals surface area contributed by atoms with E-state index in [1.807, 2.05) is 13.0 Å². The minimum Gasteiger partial charge on any atom is -0.192 e. The highest BCUT2D eigenvalue weighted by atomic mass is 127. The standard InChI is InChI=1S/C8H6INS/c1-5-2-6(4-10)3-7(11)8(5)9/h2-3,11H,1H3. The molecule has 1 rings (SSSR count). The van der Waals surface area contributed by atoms with Crippen LogP contribution in [-0.2, 0) is 0 Å². The first-order chi connectivity index (χ1) is 5.15. The van der Waals surface area contributed by atoms with Gasteiger partial charge in [-0.3, -0.25) is 0 Å². The summed E-state index contributed by atoms with van der Waals surface area (Å²) in [6, 6.07) is 5.72. The van der Waals surface area contributed by atoms with Gasteiger partial charge in [-0.15, -0.1) is 12.6 Å². The van der Waals surface area contributed by atoms with Crippen LogP contribution >= 0.6 is 35.2 Å². The van der Waals surface area contributed by atoms with E-state index in [2.05, 4.69) is 41.3 Å². The van der Waals surface area contributed by atoms with Gasteiger partial charge in [-0.05, 0) is 47.2 Å². The Balaban J connectivity index is 3.35. The molecule has 0 aromatic heterocycles. The Hall–Kier alpha value is -0.210. The molecule has 0 spiro atoms. The highest BCUT2D eigenvalue weighted by Crippen LogP contribution is 2.21. The van der Waals surface area contributed by atoms with Crippen molar-refractivity contribution in [3.8, 4) is 6.07 Å². The Morgan fingerprint density at radius 3 is 2.64 bits per heavy atom. The molecule has 0 unspecified atom stereocenters. The summed E-state index contributed by atoms with van der Waals surface area (Å²) in [6.45, 7) is 1.97. The second-order valence-electron chi connectivity index (χ2n) is 2.24. The molecule has 0 bridgehead atoms. The van der Waals surface area contributed by atoms with Crippen LogP contribution in [0.15, 0.2) is 17.0 Å². The van der Waals surface area contributed by atoms with Crippen molar-refractivity contribution in [1.29, 1.82) is 5.26 Å². The van der Waals surface area contributed by atoms with Crippen LogP contribution < -0.4 is 0 Å². The van der Waals surface area contributed by atoms with E-state index in [1.54, 1.807) is 6.07 Å². The predicted octanol–water partition coefficient (Wildman–Crippen LogP) is 2.76. The molecule has 0 aliphatic carbocycles. The fourth-order valence-corrected chi connectivity index (χ4v) is 1.44. The van der Waals surface area contributed by atoms with E-state index < -0.39 is 0 Å². The van der Waals surface area contributed by atoms with Crippen LogP contribution in [0.3, 0.4) is 0 Å². The zero-order valence-corrected chi connectivity index (χ0v) is 8.98. The van der Waals surface area contributed by atoms with Gasteiger partial charge in [0.1, 0.15) is 0 Å². The third-order valence-corrected chi connectivity index (χ3v) is 3.58. The second kappa shape index (κ2) is 3.46. The number of benzene rings is 1. The third-order valence-electron chi connectivity index (χ3n) is 1.36. The number of hydrogen-bond donors (Lipinski definition) is 1. The summed E-state index contributed by atoms with van der Waals surface area (Å²) in [5, 5.41) is 8.59. The first-order valence-electron chi connectivity index (χ1n) is 3.04. The topological polar surface area (TPSA) is 23.8 Å². The first kappa shape index (κ1) is 8.88. The van der Waals surface area contributed by atoms with Gasteiger partial charge in [-0.1, -0.05) is 0 Å². The molecule has 1 aromatic rings. The molecule has 0 radical (unpaired) electrons. The van der Waals surface area contributed by atoms with E-state index in [9.17, 15) is 0 Å². The summed E-state index contributed by atoms with van der Waals surface area (Å²) in [7, 11) is 0. The van der Waals surface area contributed by atoms with E-state index in [4.69, 9.17) is 5.26 Å². The molecule has 56 valence electrons. The smallest absolute Gasteiger partial charge is 0.0992 e. The molecule has 3 heteroatoms. The predicted molar refractivity (Wildman–Crippen MR) is 55.9 cm³/mol. The van der Waals surface area contributed by atoms with Crippen LogP contribution in [0.1, 0.15) is 11.1 Å². The molecule has 0 aliphatic heterocycles.